The molecule has 0 aromatic heterocycles. The van der Waals surface area contributed by atoms with Gasteiger partial charge in [-0.2, -0.15) is 0 Å². The average Bonchev–Trinajstić information content (AvgIpc) is 2.38. The molecule has 0 bridgehead atoms. The van der Waals surface area contributed by atoms with Gasteiger partial charge in [-0.05, 0) is 37.6 Å². The van der Waals surface area contributed by atoms with E-state index >= 15 is 0 Å². The van der Waals surface area contributed by atoms with Gasteiger partial charge in [0.1, 0.15) is 0 Å². The quantitative estimate of drug-likeness (QED) is 0.825. The lowest BCUT2D eigenvalue weighted by Crippen LogP contribution is -2.54. The summed E-state index contributed by atoms with van der Waals surface area (Å²) in [5.74, 6) is 2.05. The van der Waals surface area contributed by atoms with Crippen molar-refractivity contribution < 1.29 is 0 Å². The van der Waals surface area contributed by atoms with Gasteiger partial charge in [0.2, 0.25) is 0 Å². The molecule has 3 rings (SSSR count). The van der Waals surface area contributed by atoms with Crippen LogP contribution >= 0.6 is 0 Å². The number of piperazine rings is 1. The summed E-state index contributed by atoms with van der Waals surface area (Å²) in [6.45, 7) is 5.22. The van der Waals surface area contributed by atoms with Crippen LogP contribution in [0.15, 0.2) is 0 Å². The van der Waals surface area contributed by atoms with Crippen molar-refractivity contribution in [3.05, 3.63) is 0 Å². The Morgan fingerprint density at radius 3 is 2.50 bits per heavy atom. The molecule has 1 N–H and O–H groups in total. The third kappa shape index (κ3) is 3.27. The summed E-state index contributed by atoms with van der Waals surface area (Å²) in [5.41, 5.74) is 0. The summed E-state index contributed by atoms with van der Waals surface area (Å²) in [5, 5.41) is 3.79. The predicted molar refractivity (Wildman–Crippen MR) is 76.8 cm³/mol. The smallest absolute Gasteiger partial charge is 0.0223 e. The van der Waals surface area contributed by atoms with Crippen LogP contribution in [0, 0.1) is 11.8 Å². The van der Waals surface area contributed by atoms with E-state index in [-0.39, 0.29) is 0 Å². The highest BCUT2D eigenvalue weighted by Gasteiger charge is 2.28. The minimum atomic E-state index is 0.806. The van der Waals surface area contributed by atoms with Gasteiger partial charge in [0.15, 0.2) is 0 Å². The van der Waals surface area contributed by atoms with E-state index in [2.05, 4.69) is 10.2 Å². The highest BCUT2D eigenvalue weighted by Crippen LogP contribution is 2.30. The first kappa shape index (κ1) is 12.9. The lowest BCUT2D eigenvalue weighted by molar-refractivity contribution is 0.132. The molecule has 1 saturated heterocycles. The van der Waals surface area contributed by atoms with Crippen LogP contribution in [0.4, 0.5) is 0 Å². The normalized spacial score (nSPS) is 32.3. The molecule has 3 fully saturated rings. The van der Waals surface area contributed by atoms with E-state index < -0.39 is 0 Å². The van der Waals surface area contributed by atoms with Crippen molar-refractivity contribution in [3.8, 4) is 0 Å². The van der Waals surface area contributed by atoms with Crippen LogP contribution < -0.4 is 5.32 Å². The molecule has 1 heterocycles. The second-order valence-electron chi connectivity index (χ2n) is 6.84. The van der Waals surface area contributed by atoms with E-state index in [1.54, 1.807) is 0 Å². The Morgan fingerprint density at radius 2 is 1.78 bits per heavy atom. The molecule has 2 saturated carbocycles. The fraction of sp³-hybridized carbons (Fsp3) is 1.00. The highest BCUT2D eigenvalue weighted by molar-refractivity contribution is 4.86. The minimum absolute atomic E-state index is 0.806. The SMILES string of the molecule is C1CCC(C2CN(CCC3CCC3)CCN2)CC1. The van der Waals surface area contributed by atoms with E-state index in [9.17, 15) is 0 Å². The Kier molecular flexibility index (Phi) is 4.58. The Hall–Kier alpha value is -0.0800. The van der Waals surface area contributed by atoms with Crippen LogP contribution in [-0.4, -0.2) is 37.1 Å². The Labute approximate surface area is 113 Å². The van der Waals surface area contributed by atoms with E-state index in [1.165, 1.54) is 84.0 Å². The second kappa shape index (κ2) is 6.38. The summed E-state index contributed by atoms with van der Waals surface area (Å²) in [4.78, 5) is 2.74. The van der Waals surface area contributed by atoms with Gasteiger partial charge < -0.3 is 10.2 Å². The minimum Gasteiger partial charge on any atom is -0.311 e. The fourth-order valence-electron chi connectivity index (χ4n) is 4.04. The monoisotopic (exact) mass is 250 g/mol. The van der Waals surface area contributed by atoms with Gasteiger partial charge in [-0.3, -0.25) is 0 Å². The number of nitrogens with zero attached hydrogens (tertiary/aromatic N) is 1. The van der Waals surface area contributed by atoms with Gasteiger partial charge in [-0.15, -0.1) is 0 Å². The van der Waals surface area contributed by atoms with Crippen molar-refractivity contribution in [1.29, 1.82) is 0 Å². The molecule has 3 aliphatic rings. The van der Waals surface area contributed by atoms with E-state index in [0.717, 1.165) is 17.9 Å². The molecule has 1 atom stereocenters. The van der Waals surface area contributed by atoms with Gasteiger partial charge >= 0.3 is 0 Å². The van der Waals surface area contributed by atoms with Gasteiger partial charge in [-0.25, -0.2) is 0 Å². The Bertz CT molecular complexity index is 243. The van der Waals surface area contributed by atoms with Crippen LogP contribution in [0.2, 0.25) is 0 Å². The number of hydrogen-bond acceptors (Lipinski definition) is 2. The largest absolute Gasteiger partial charge is 0.311 e. The number of hydrogen-bond donors (Lipinski definition) is 1. The summed E-state index contributed by atoms with van der Waals surface area (Å²) in [6.07, 6.45) is 13.4. The van der Waals surface area contributed by atoms with Crippen LogP contribution in [0.5, 0.6) is 0 Å². The first-order valence-electron chi connectivity index (χ1n) is 8.37. The van der Waals surface area contributed by atoms with Gasteiger partial charge in [0, 0.05) is 25.7 Å². The van der Waals surface area contributed by atoms with Crippen molar-refractivity contribution in [1.82, 2.24) is 10.2 Å². The lowest BCUT2D eigenvalue weighted by atomic mass is 9.82. The molecule has 0 radical (unpaired) electrons. The molecule has 2 aliphatic carbocycles. The molecule has 0 amide bonds. The first-order valence-corrected chi connectivity index (χ1v) is 8.37. The molecule has 1 aliphatic heterocycles. The summed E-state index contributed by atoms with van der Waals surface area (Å²) in [6, 6.07) is 0.806. The molecule has 18 heavy (non-hydrogen) atoms. The van der Waals surface area contributed by atoms with Crippen molar-refractivity contribution >= 4 is 0 Å². The zero-order valence-corrected chi connectivity index (χ0v) is 11.9. The number of nitrogens with one attached hydrogen (secondary N) is 1. The van der Waals surface area contributed by atoms with Crippen LogP contribution in [0.25, 0.3) is 0 Å². The average molecular weight is 250 g/mol. The molecule has 0 aromatic carbocycles. The predicted octanol–water partition coefficient (Wildman–Crippen LogP) is 3.03. The molecular weight excluding hydrogens is 220 g/mol. The molecular formula is C16H30N2. The molecule has 104 valence electrons. The van der Waals surface area contributed by atoms with Crippen LogP contribution in [-0.2, 0) is 0 Å². The van der Waals surface area contributed by atoms with E-state index in [0.29, 0.717) is 0 Å². The molecule has 2 nitrogen and oxygen atoms in total. The van der Waals surface area contributed by atoms with Crippen molar-refractivity contribution in [2.75, 3.05) is 26.2 Å². The summed E-state index contributed by atoms with van der Waals surface area (Å²) >= 11 is 0. The van der Waals surface area contributed by atoms with E-state index in [1.807, 2.05) is 0 Å². The number of rotatable bonds is 4. The summed E-state index contributed by atoms with van der Waals surface area (Å²) in [7, 11) is 0. The van der Waals surface area contributed by atoms with Gasteiger partial charge in [0.25, 0.3) is 0 Å². The first-order chi connectivity index (χ1) is 8.92. The summed E-state index contributed by atoms with van der Waals surface area (Å²) < 4.78 is 0. The molecule has 0 aromatic rings. The Morgan fingerprint density at radius 1 is 0.944 bits per heavy atom. The van der Waals surface area contributed by atoms with Crippen molar-refractivity contribution in [3.63, 3.8) is 0 Å². The van der Waals surface area contributed by atoms with Gasteiger partial charge in [0.05, 0.1) is 0 Å². The van der Waals surface area contributed by atoms with Crippen molar-refractivity contribution in [2.45, 2.75) is 63.8 Å². The molecule has 1 unspecified atom stereocenters. The van der Waals surface area contributed by atoms with Crippen LogP contribution in [0.3, 0.4) is 0 Å². The zero-order chi connectivity index (χ0) is 12.2. The maximum absolute atomic E-state index is 3.79. The highest BCUT2D eigenvalue weighted by atomic mass is 15.2. The fourth-order valence-corrected chi connectivity index (χ4v) is 4.04. The molecule has 0 spiro atoms. The van der Waals surface area contributed by atoms with E-state index in [4.69, 9.17) is 0 Å². The lowest BCUT2D eigenvalue weighted by Gasteiger charge is -2.40. The Balaban J connectivity index is 1.42. The zero-order valence-electron chi connectivity index (χ0n) is 11.9. The third-order valence-electron chi connectivity index (χ3n) is 5.59. The third-order valence-corrected chi connectivity index (χ3v) is 5.59. The molecule has 2 heteroatoms. The standard InChI is InChI=1S/C16H30N2/c1-2-7-15(8-3-1)16-13-18(12-10-17-16)11-9-14-5-4-6-14/h14-17H,1-13H2. The maximum atomic E-state index is 3.79. The van der Waals surface area contributed by atoms with Gasteiger partial charge in [-0.1, -0.05) is 38.5 Å². The van der Waals surface area contributed by atoms with Crippen molar-refractivity contribution in [2.24, 2.45) is 11.8 Å². The topological polar surface area (TPSA) is 15.3 Å². The maximum Gasteiger partial charge on any atom is 0.0223 e. The second-order valence-corrected chi connectivity index (χ2v) is 6.84. The van der Waals surface area contributed by atoms with Crippen LogP contribution in [0.1, 0.15) is 57.8 Å².